The average Bonchev–Trinajstić information content (AvgIpc) is 2.38. The van der Waals surface area contributed by atoms with E-state index in [1.807, 2.05) is 6.07 Å². The number of unbranched alkanes of at least 4 members (excludes halogenated alkanes) is 3. The van der Waals surface area contributed by atoms with E-state index in [0.717, 1.165) is 12.2 Å². The first kappa shape index (κ1) is 13.6. The molecule has 0 amide bonds. The summed E-state index contributed by atoms with van der Waals surface area (Å²) in [4.78, 5) is 11.3. The summed E-state index contributed by atoms with van der Waals surface area (Å²) in [6, 6.07) is 7.08. The molecule has 0 aliphatic heterocycles. The zero-order valence-electron chi connectivity index (χ0n) is 10.6. The Balaban J connectivity index is 2.40. The van der Waals surface area contributed by atoms with Gasteiger partial charge < -0.3 is 9.47 Å². The fourth-order valence-corrected chi connectivity index (χ4v) is 1.55. The molecule has 0 saturated carbocycles. The summed E-state index contributed by atoms with van der Waals surface area (Å²) in [5.41, 5.74) is 0.526. The van der Waals surface area contributed by atoms with Crippen LogP contribution in [0, 0.1) is 0 Å². The summed E-state index contributed by atoms with van der Waals surface area (Å²) < 4.78 is 10.2. The predicted molar refractivity (Wildman–Crippen MR) is 67.4 cm³/mol. The molecule has 0 aliphatic carbocycles. The van der Waals surface area contributed by atoms with Gasteiger partial charge in [-0.2, -0.15) is 0 Å². The number of hydrogen-bond acceptors (Lipinski definition) is 3. The lowest BCUT2D eigenvalue weighted by Crippen LogP contribution is -2.02. The number of carbonyl (C=O) groups excluding carboxylic acids is 1. The molecule has 1 aromatic carbocycles. The fraction of sp³-hybridized carbons (Fsp3) is 0.500. The monoisotopic (exact) mass is 236 g/mol. The lowest BCUT2D eigenvalue weighted by Gasteiger charge is -2.07. The largest absolute Gasteiger partial charge is 0.494 e. The van der Waals surface area contributed by atoms with Gasteiger partial charge in [-0.1, -0.05) is 32.3 Å². The van der Waals surface area contributed by atoms with Gasteiger partial charge in [0.15, 0.2) is 0 Å². The molecule has 0 unspecified atom stereocenters. The van der Waals surface area contributed by atoms with Gasteiger partial charge in [-0.15, -0.1) is 0 Å². The van der Waals surface area contributed by atoms with Gasteiger partial charge in [0.1, 0.15) is 5.75 Å². The molecule has 0 aliphatic rings. The summed E-state index contributed by atoms with van der Waals surface area (Å²) in [5, 5.41) is 0. The predicted octanol–water partition coefficient (Wildman–Crippen LogP) is 3.43. The first-order valence-electron chi connectivity index (χ1n) is 6.09. The van der Waals surface area contributed by atoms with E-state index in [1.165, 1.54) is 26.4 Å². The molecule has 0 fully saturated rings. The standard InChI is InChI=1S/C14H20O3/c1-3-4-5-6-10-17-13-9-7-8-12(11-13)14(15)16-2/h7-9,11H,3-6,10H2,1-2H3. The number of carbonyl (C=O) groups is 1. The summed E-state index contributed by atoms with van der Waals surface area (Å²) >= 11 is 0. The van der Waals surface area contributed by atoms with Crippen LogP contribution in [0.1, 0.15) is 43.0 Å². The topological polar surface area (TPSA) is 35.5 Å². The molecule has 0 spiro atoms. The van der Waals surface area contributed by atoms with Gasteiger partial charge in [-0.05, 0) is 24.6 Å². The second-order valence-electron chi connectivity index (χ2n) is 3.93. The second-order valence-corrected chi connectivity index (χ2v) is 3.93. The van der Waals surface area contributed by atoms with Crippen LogP contribution in [0.25, 0.3) is 0 Å². The van der Waals surface area contributed by atoms with Crippen molar-refractivity contribution in [2.75, 3.05) is 13.7 Å². The Morgan fingerprint density at radius 2 is 2.06 bits per heavy atom. The van der Waals surface area contributed by atoms with E-state index in [1.54, 1.807) is 18.2 Å². The normalized spacial score (nSPS) is 10.0. The van der Waals surface area contributed by atoms with Crippen LogP contribution in [-0.2, 0) is 4.74 Å². The van der Waals surface area contributed by atoms with Crippen molar-refractivity contribution in [3.05, 3.63) is 29.8 Å². The van der Waals surface area contributed by atoms with E-state index in [9.17, 15) is 4.79 Å². The molecular weight excluding hydrogens is 216 g/mol. The van der Waals surface area contributed by atoms with Crippen LogP contribution in [0.4, 0.5) is 0 Å². The van der Waals surface area contributed by atoms with Gasteiger partial charge in [0.2, 0.25) is 0 Å². The molecule has 0 bridgehead atoms. The van der Waals surface area contributed by atoms with Crippen LogP contribution in [-0.4, -0.2) is 19.7 Å². The van der Waals surface area contributed by atoms with Gasteiger partial charge in [0.05, 0.1) is 19.3 Å². The molecule has 17 heavy (non-hydrogen) atoms. The molecule has 0 saturated heterocycles. The summed E-state index contributed by atoms with van der Waals surface area (Å²) in [5.74, 6) is 0.394. The van der Waals surface area contributed by atoms with Gasteiger partial charge in [-0.3, -0.25) is 0 Å². The molecular formula is C14H20O3. The SMILES string of the molecule is CCCCCCOc1cccc(C(=O)OC)c1. The maximum Gasteiger partial charge on any atom is 0.337 e. The molecule has 0 heterocycles. The number of ether oxygens (including phenoxy) is 2. The smallest absolute Gasteiger partial charge is 0.337 e. The maximum absolute atomic E-state index is 11.3. The lowest BCUT2D eigenvalue weighted by molar-refractivity contribution is 0.0600. The van der Waals surface area contributed by atoms with E-state index in [2.05, 4.69) is 11.7 Å². The van der Waals surface area contributed by atoms with Crippen LogP contribution < -0.4 is 4.74 Å². The number of methoxy groups -OCH3 is 1. The second kappa shape index (κ2) is 7.71. The third-order valence-corrected chi connectivity index (χ3v) is 2.52. The number of hydrogen-bond donors (Lipinski definition) is 0. The van der Waals surface area contributed by atoms with Crippen molar-refractivity contribution in [2.45, 2.75) is 32.6 Å². The van der Waals surface area contributed by atoms with Crippen molar-refractivity contribution in [1.82, 2.24) is 0 Å². The van der Waals surface area contributed by atoms with E-state index >= 15 is 0 Å². The highest BCUT2D eigenvalue weighted by Gasteiger charge is 2.05. The third kappa shape index (κ3) is 4.89. The molecule has 3 nitrogen and oxygen atoms in total. The minimum absolute atomic E-state index is 0.332. The highest BCUT2D eigenvalue weighted by molar-refractivity contribution is 5.89. The Morgan fingerprint density at radius 3 is 2.76 bits per heavy atom. The van der Waals surface area contributed by atoms with E-state index in [-0.39, 0.29) is 5.97 Å². The summed E-state index contributed by atoms with van der Waals surface area (Å²) in [6.07, 6.45) is 4.70. The Labute approximate surface area is 103 Å². The molecule has 0 atom stereocenters. The quantitative estimate of drug-likeness (QED) is 0.537. The number of esters is 1. The van der Waals surface area contributed by atoms with Crippen molar-refractivity contribution in [3.8, 4) is 5.75 Å². The first-order chi connectivity index (χ1) is 8.27. The van der Waals surface area contributed by atoms with Crippen molar-refractivity contribution in [3.63, 3.8) is 0 Å². The molecule has 94 valence electrons. The zero-order valence-corrected chi connectivity index (χ0v) is 10.6. The molecule has 3 heteroatoms. The maximum atomic E-state index is 11.3. The lowest BCUT2D eigenvalue weighted by atomic mass is 10.2. The number of rotatable bonds is 7. The van der Waals surface area contributed by atoms with Crippen LogP contribution in [0.15, 0.2) is 24.3 Å². The minimum Gasteiger partial charge on any atom is -0.494 e. The van der Waals surface area contributed by atoms with E-state index < -0.39 is 0 Å². The van der Waals surface area contributed by atoms with Gasteiger partial charge in [0.25, 0.3) is 0 Å². The molecule has 0 radical (unpaired) electrons. The van der Waals surface area contributed by atoms with E-state index in [4.69, 9.17) is 4.74 Å². The number of benzene rings is 1. The third-order valence-electron chi connectivity index (χ3n) is 2.52. The van der Waals surface area contributed by atoms with Crippen LogP contribution in [0.5, 0.6) is 5.75 Å². The molecule has 0 N–H and O–H groups in total. The van der Waals surface area contributed by atoms with Crippen LogP contribution in [0.3, 0.4) is 0 Å². The molecule has 0 aromatic heterocycles. The van der Waals surface area contributed by atoms with Gasteiger partial charge >= 0.3 is 5.97 Å². The molecule has 1 rings (SSSR count). The Bertz CT molecular complexity index is 347. The van der Waals surface area contributed by atoms with Crippen molar-refractivity contribution in [1.29, 1.82) is 0 Å². The summed E-state index contributed by atoms with van der Waals surface area (Å²) in [6.45, 7) is 2.88. The minimum atomic E-state index is -0.332. The van der Waals surface area contributed by atoms with Crippen LogP contribution in [0.2, 0.25) is 0 Å². The average molecular weight is 236 g/mol. The van der Waals surface area contributed by atoms with Crippen LogP contribution >= 0.6 is 0 Å². The Morgan fingerprint density at radius 1 is 1.24 bits per heavy atom. The van der Waals surface area contributed by atoms with Crippen molar-refractivity contribution in [2.24, 2.45) is 0 Å². The molecule has 1 aromatic rings. The van der Waals surface area contributed by atoms with Gasteiger partial charge in [0, 0.05) is 0 Å². The van der Waals surface area contributed by atoms with Crippen molar-refractivity contribution < 1.29 is 14.3 Å². The zero-order chi connectivity index (χ0) is 12.5. The summed E-state index contributed by atoms with van der Waals surface area (Å²) in [7, 11) is 1.38. The van der Waals surface area contributed by atoms with Gasteiger partial charge in [-0.25, -0.2) is 4.79 Å². The van der Waals surface area contributed by atoms with Crippen molar-refractivity contribution >= 4 is 5.97 Å². The Hall–Kier alpha value is -1.51. The van der Waals surface area contributed by atoms with E-state index in [0.29, 0.717) is 12.2 Å². The highest BCUT2D eigenvalue weighted by atomic mass is 16.5. The Kier molecular flexibility index (Phi) is 6.15. The fourth-order valence-electron chi connectivity index (χ4n) is 1.55. The highest BCUT2D eigenvalue weighted by Crippen LogP contribution is 2.14. The first-order valence-corrected chi connectivity index (χ1v) is 6.09.